The standard InChI is InChI=1S/C67H77Cl2N9O24/c1-24(2)12-36(72-5)59(89)77-51-53(85)28-8-11-41(35(69)15-28)99-43-17-29-16-42(56(43)102-66-57(55(87)54(86)44(23-79)100-66)101-46-21-67(4,71)58(88)25(3)97-46)98-40-10-7-27(14-34(40)68)52(84)50-61(91)73-22-33(65(95)96)31-18-30(80)19-39(82)47(31)32-13-26(6-9-38(32)81)48(62(92)78-50)76-63(93)49(29)75-60(90)37(20-45(70)83)74-64(51)94/h6-11,13-19,24-25,33,36-37,44,46,48-55,57-58,66,72,79-82,84-88H,12,20-23,71H2,1-5H3,(H2,70,83)(H,73,91)(H,74,94)(H,75,90)(H,76,93)(H,77,89)(H,78,92)(H,95,96)/t25?,33?,36-,37+,44?,46?,48-,49-,50?,51?,52-,53-,54-,55+,57?,58?,66-,67?/m1/s1. The highest BCUT2D eigenvalue weighted by atomic mass is 35.5. The largest absolute Gasteiger partial charge is 0.508 e. The molecule has 2 saturated heterocycles. The number of carboxylic acids is 1. The van der Waals surface area contributed by atoms with Crippen molar-refractivity contribution in [1.29, 1.82) is 0 Å². The zero-order chi connectivity index (χ0) is 74.2. The molecule has 0 radical (unpaired) electrons. The van der Waals surface area contributed by atoms with E-state index in [-0.39, 0.29) is 52.0 Å². The predicted octanol–water partition coefficient (Wildman–Crippen LogP) is 0.149. The maximum atomic E-state index is 16.1. The zero-order valence-electron chi connectivity index (χ0n) is 55.0. The van der Waals surface area contributed by atoms with Gasteiger partial charge in [-0.05, 0) is 116 Å². The number of carbonyl (C=O) groups excluding carboxylic acids is 7. The smallest absolute Gasteiger partial charge is 0.312 e. The molecule has 11 bridgehead atoms. The lowest BCUT2D eigenvalue weighted by Gasteiger charge is -2.47. The van der Waals surface area contributed by atoms with Gasteiger partial charge in [0.25, 0.3) is 0 Å². The van der Waals surface area contributed by atoms with E-state index >= 15 is 14.4 Å². The molecular weight excluding hydrogens is 1390 g/mol. The van der Waals surface area contributed by atoms with Crippen LogP contribution in [0.5, 0.6) is 46.0 Å². The Bertz CT molecular complexity index is 4090. The van der Waals surface area contributed by atoms with Gasteiger partial charge in [-0.1, -0.05) is 55.2 Å². The summed E-state index contributed by atoms with van der Waals surface area (Å²) in [7, 11) is 1.47. The van der Waals surface area contributed by atoms with E-state index < -0.39 is 238 Å². The molecule has 7 amide bonds. The number of aliphatic carboxylic acids is 1. The molecule has 0 spiro atoms. The molecule has 548 valence electrons. The lowest BCUT2D eigenvalue weighted by Crippen LogP contribution is -2.64. The monoisotopic (exact) mass is 1460 g/mol. The van der Waals surface area contributed by atoms with Gasteiger partial charge in [0.2, 0.25) is 53.4 Å². The van der Waals surface area contributed by atoms with Crippen LogP contribution >= 0.6 is 23.2 Å². The van der Waals surface area contributed by atoms with Gasteiger partial charge in [0, 0.05) is 35.7 Å². The minimum atomic E-state index is -2.35. The number of phenolic OH excluding ortho intramolecular Hbond substituents is 3. The second kappa shape index (κ2) is 30.8. The highest BCUT2D eigenvalue weighted by Crippen LogP contribution is 2.50. The van der Waals surface area contributed by atoms with Crippen LogP contribution < -0.4 is 62.9 Å². The molecule has 102 heavy (non-hydrogen) atoms. The van der Waals surface area contributed by atoms with Gasteiger partial charge >= 0.3 is 5.97 Å². The summed E-state index contributed by atoms with van der Waals surface area (Å²) in [6.45, 7) is 4.79. The van der Waals surface area contributed by atoms with Crippen LogP contribution in [0.1, 0.15) is 105 Å². The molecule has 9 unspecified atom stereocenters. The number of aromatic hydroxyl groups is 3. The lowest BCUT2D eigenvalue weighted by atomic mass is 9.86. The first kappa shape index (κ1) is 75.5. The summed E-state index contributed by atoms with van der Waals surface area (Å²) in [5, 5.41) is 131. The average molecular weight is 1460 g/mol. The number of likely N-dealkylation sites (N-methyl/N-ethyl adjacent to an activating group) is 1. The normalized spacial score (nSPS) is 29.4. The first-order valence-electron chi connectivity index (χ1n) is 32.1. The Morgan fingerprint density at radius 1 is 0.725 bits per heavy atom. The molecule has 0 aliphatic carbocycles. The van der Waals surface area contributed by atoms with Gasteiger partial charge in [-0.25, -0.2) is 0 Å². The van der Waals surface area contributed by atoms with Gasteiger partial charge in [-0.15, -0.1) is 0 Å². The number of halogens is 2. The Morgan fingerprint density at radius 2 is 1.33 bits per heavy atom. The number of aliphatic hydroxyl groups is 6. The molecular formula is C67H77Cl2N9O24. The van der Waals surface area contributed by atoms with Gasteiger partial charge in [0.15, 0.2) is 23.9 Å². The number of nitrogens with two attached hydrogens (primary N) is 2. The van der Waals surface area contributed by atoms with Crippen molar-refractivity contribution in [3.05, 3.63) is 117 Å². The molecule has 0 saturated carbocycles. The Morgan fingerprint density at radius 3 is 1.92 bits per heavy atom. The van der Waals surface area contributed by atoms with Crippen LogP contribution in [0.3, 0.4) is 0 Å². The number of nitrogens with one attached hydrogen (secondary N) is 7. The topological polar surface area (TPSA) is 530 Å². The third-order valence-electron chi connectivity index (χ3n) is 18.1. The fourth-order valence-corrected chi connectivity index (χ4v) is 13.1. The number of amides is 7. The molecule has 7 aliphatic rings. The predicted molar refractivity (Wildman–Crippen MR) is 354 cm³/mol. The van der Waals surface area contributed by atoms with Crippen molar-refractivity contribution in [3.8, 4) is 57.1 Å². The first-order chi connectivity index (χ1) is 48.2. The molecule has 21 N–H and O–H groups in total. The average Bonchev–Trinajstić information content (AvgIpc) is 0.940. The highest BCUT2D eigenvalue weighted by Gasteiger charge is 2.51. The molecule has 2 fully saturated rings. The number of aliphatic hydroxyl groups excluding tert-OH is 6. The van der Waals surface area contributed by atoms with Crippen molar-refractivity contribution >= 4 is 70.5 Å². The summed E-state index contributed by atoms with van der Waals surface area (Å²) >= 11 is 14.1. The quantitative estimate of drug-likeness (QED) is 0.0746. The summed E-state index contributed by atoms with van der Waals surface area (Å²) in [6, 6.07) is 1.95. The van der Waals surface area contributed by atoms with Crippen molar-refractivity contribution in [1.82, 2.24) is 37.2 Å². The van der Waals surface area contributed by atoms with E-state index in [4.69, 9.17) is 63.1 Å². The maximum Gasteiger partial charge on any atom is 0.312 e. The summed E-state index contributed by atoms with van der Waals surface area (Å²) in [4.78, 5) is 117. The minimum Gasteiger partial charge on any atom is -0.508 e. The first-order valence-corrected chi connectivity index (χ1v) is 32.9. The maximum absolute atomic E-state index is 16.1. The Balaban J connectivity index is 1.24. The zero-order valence-corrected chi connectivity index (χ0v) is 56.5. The molecule has 0 aromatic heterocycles. The molecule has 5 aromatic carbocycles. The summed E-state index contributed by atoms with van der Waals surface area (Å²) in [5.41, 5.74) is 8.36. The van der Waals surface area contributed by atoms with Crippen LogP contribution in [0.2, 0.25) is 10.0 Å². The molecule has 7 aliphatic heterocycles. The van der Waals surface area contributed by atoms with E-state index in [1.54, 1.807) is 0 Å². The number of hydrogen-bond acceptors (Lipinski definition) is 25. The number of carbonyl (C=O) groups is 8. The van der Waals surface area contributed by atoms with Crippen molar-refractivity contribution in [3.63, 3.8) is 0 Å². The van der Waals surface area contributed by atoms with Crippen LogP contribution in [-0.4, -0.2) is 197 Å². The van der Waals surface area contributed by atoms with Crippen LogP contribution in [0.15, 0.2) is 78.9 Å². The van der Waals surface area contributed by atoms with Crippen molar-refractivity contribution in [2.45, 2.75) is 156 Å². The van der Waals surface area contributed by atoms with Crippen LogP contribution in [0.4, 0.5) is 0 Å². The number of rotatable bonds is 13. The third-order valence-corrected chi connectivity index (χ3v) is 18.7. The van der Waals surface area contributed by atoms with Gasteiger partial charge < -0.3 is 128 Å². The molecule has 7 heterocycles. The highest BCUT2D eigenvalue weighted by molar-refractivity contribution is 6.32. The molecule has 33 nitrogen and oxygen atoms in total. The number of fused-ring (bicyclic) bond motifs is 15. The van der Waals surface area contributed by atoms with Crippen LogP contribution in [0.25, 0.3) is 11.1 Å². The van der Waals surface area contributed by atoms with E-state index in [0.717, 1.165) is 60.7 Å². The van der Waals surface area contributed by atoms with Gasteiger partial charge in [0.05, 0.1) is 47.2 Å². The second-order valence-electron chi connectivity index (χ2n) is 26.1. The third kappa shape index (κ3) is 16.0. The fourth-order valence-electron chi connectivity index (χ4n) is 12.7. The molecule has 12 rings (SSSR count). The summed E-state index contributed by atoms with van der Waals surface area (Å²) in [5.74, 6) is -17.3. The SMILES string of the molecule is CN[C@H](CC(C)C)C(=O)NC1C(=O)N[C@@H](CC(N)=O)C(=O)N[C@H]2C(=O)N[C@H]3C(=O)NC(C(=O)NCC(C(=O)O)c4cc(O)cc(O)c4-c4cc3ccc4O)[C@H](O)c3ccc(c(Cl)c3)Oc3cc2cc(c3O[C@H]2OC(CO)[C@@H](O)[C@H](O)C2OC2CC(C)(N)C(O)C(C)O2)Oc2ccc(cc2Cl)[C@H]1O. The van der Waals surface area contributed by atoms with Crippen LogP contribution in [0, 0.1) is 5.92 Å². The van der Waals surface area contributed by atoms with Crippen molar-refractivity contribution in [2.75, 3.05) is 20.2 Å². The minimum absolute atomic E-state index is 0.0979. The number of phenols is 3. The second-order valence-corrected chi connectivity index (χ2v) is 26.9. The van der Waals surface area contributed by atoms with E-state index in [0.29, 0.717) is 0 Å². The van der Waals surface area contributed by atoms with E-state index in [9.17, 15) is 75.0 Å². The van der Waals surface area contributed by atoms with E-state index in [1.165, 1.54) is 39.1 Å². The van der Waals surface area contributed by atoms with E-state index in [2.05, 4.69) is 37.2 Å². The summed E-state index contributed by atoms with van der Waals surface area (Å²) in [6.07, 6.45) is -18.4. The number of carboxylic acid groups (broad SMARTS) is 1. The van der Waals surface area contributed by atoms with Gasteiger partial charge in [0.1, 0.15) is 89.5 Å². The molecule has 18 atom stereocenters. The van der Waals surface area contributed by atoms with Crippen molar-refractivity contribution in [2.24, 2.45) is 17.4 Å². The van der Waals surface area contributed by atoms with E-state index in [1.807, 2.05) is 13.8 Å². The number of benzene rings is 5. The van der Waals surface area contributed by atoms with Gasteiger partial charge in [-0.2, -0.15) is 0 Å². The molecule has 35 heteroatoms. The Labute approximate surface area is 590 Å². The lowest BCUT2D eigenvalue weighted by molar-refractivity contribution is -0.333. The summed E-state index contributed by atoms with van der Waals surface area (Å²) < 4.78 is 38.4. The number of ether oxygens (including phenoxy) is 6. The number of hydrogen-bond donors (Lipinski definition) is 19. The Hall–Kier alpha value is -9.20. The van der Waals surface area contributed by atoms with Gasteiger partial charge in [-0.3, -0.25) is 38.4 Å². The fraction of sp³-hybridized carbons (Fsp3) is 0.433. The Kier molecular flexibility index (Phi) is 22.8. The van der Waals surface area contributed by atoms with Crippen LogP contribution in [-0.2, 0) is 52.6 Å². The molecule has 5 aromatic rings. The number of primary amides is 1. The van der Waals surface area contributed by atoms with Crippen molar-refractivity contribution < 1.29 is 118 Å².